The third-order valence-electron chi connectivity index (χ3n) is 3.49. The van der Waals surface area contributed by atoms with Gasteiger partial charge in [0.05, 0.1) is 15.0 Å². The molecular weight excluding hydrogens is 296 g/mol. The van der Waals surface area contributed by atoms with Gasteiger partial charge >= 0.3 is 5.97 Å². The van der Waals surface area contributed by atoms with Crippen LogP contribution in [0.2, 0.25) is 0 Å². The quantitative estimate of drug-likeness (QED) is 0.675. The number of rotatable bonds is 5. The molecule has 0 bridgehead atoms. The van der Waals surface area contributed by atoms with Crippen molar-refractivity contribution in [3.8, 4) is 0 Å². The van der Waals surface area contributed by atoms with E-state index in [4.69, 9.17) is 0 Å². The molecule has 1 heterocycles. The summed E-state index contributed by atoms with van der Waals surface area (Å²) < 4.78 is 1.62. The summed E-state index contributed by atoms with van der Waals surface area (Å²) in [5.74, 6) is -1.30. The zero-order valence-corrected chi connectivity index (χ0v) is 12.3. The minimum Gasteiger partial charge on any atom is -0.480 e. The van der Waals surface area contributed by atoms with E-state index in [-0.39, 0.29) is 11.6 Å². The number of hydrogen-bond donors (Lipinski definition) is 1. The molecular formula is C13H14N2O5S. The maximum absolute atomic E-state index is 12.3. The Bertz CT molecular complexity index is 763. The van der Waals surface area contributed by atoms with Crippen LogP contribution in [-0.4, -0.2) is 20.0 Å². The van der Waals surface area contributed by atoms with Gasteiger partial charge in [-0.1, -0.05) is 31.8 Å². The highest BCUT2D eigenvalue weighted by Crippen LogP contribution is 2.28. The molecule has 0 saturated carbocycles. The second-order valence-electron chi connectivity index (χ2n) is 4.83. The number of carboxylic acid groups (broad SMARTS) is 1. The number of non-ortho nitro benzene ring substituents is 1. The number of hydrogen-bond acceptors (Lipinski definition) is 5. The minimum absolute atomic E-state index is 0.119. The van der Waals surface area contributed by atoms with Crippen LogP contribution in [0.25, 0.3) is 10.1 Å². The van der Waals surface area contributed by atoms with Crippen molar-refractivity contribution < 1.29 is 14.8 Å². The molecule has 2 rings (SSSR count). The summed E-state index contributed by atoms with van der Waals surface area (Å²) in [6, 6.07) is 2.96. The fourth-order valence-electron chi connectivity index (χ4n) is 2.12. The molecule has 0 fully saturated rings. The average molecular weight is 310 g/mol. The van der Waals surface area contributed by atoms with Crippen LogP contribution in [0.1, 0.15) is 26.3 Å². The number of carbonyl (C=O) groups is 1. The van der Waals surface area contributed by atoms with E-state index in [1.807, 2.05) is 6.92 Å². The van der Waals surface area contributed by atoms with Gasteiger partial charge in [0.15, 0.2) is 0 Å². The molecule has 1 N–H and O–H groups in total. The lowest BCUT2D eigenvalue weighted by Gasteiger charge is -2.18. The van der Waals surface area contributed by atoms with E-state index < -0.39 is 22.5 Å². The Labute approximate surface area is 123 Å². The molecule has 1 aromatic heterocycles. The van der Waals surface area contributed by atoms with Crippen molar-refractivity contribution in [2.24, 2.45) is 5.92 Å². The standard InChI is InChI=1S/C13H14N2O5S/c1-3-7(2)11(13(17)18)14-12(16)9-5-4-8(15(19)20)6-10(9)21-14/h4-7,11H,3H2,1-2H3,(H,17,18). The molecule has 7 nitrogen and oxygen atoms in total. The van der Waals surface area contributed by atoms with E-state index in [1.165, 1.54) is 22.2 Å². The van der Waals surface area contributed by atoms with Crippen LogP contribution in [0.5, 0.6) is 0 Å². The molecule has 0 radical (unpaired) electrons. The fraction of sp³-hybridized carbons (Fsp3) is 0.385. The van der Waals surface area contributed by atoms with E-state index in [9.17, 15) is 24.8 Å². The number of fused-ring (bicyclic) bond motifs is 1. The summed E-state index contributed by atoms with van der Waals surface area (Å²) in [6.07, 6.45) is 0.609. The van der Waals surface area contributed by atoms with Gasteiger partial charge in [-0.15, -0.1) is 0 Å². The first kappa shape index (κ1) is 15.2. The van der Waals surface area contributed by atoms with E-state index in [2.05, 4.69) is 0 Å². The van der Waals surface area contributed by atoms with E-state index in [0.717, 1.165) is 11.5 Å². The van der Waals surface area contributed by atoms with Crippen LogP contribution >= 0.6 is 11.5 Å². The highest BCUT2D eigenvalue weighted by Gasteiger charge is 2.28. The van der Waals surface area contributed by atoms with Gasteiger partial charge in [0.1, 0.15) is 6.04 Å². The van der Waals surface area contributed by atoms with Crippen LogP contribution in [0.4, 0.5) is 5.69 Å². The highest BCUT2D eigenvalue weighted by atomic mass is 32.1. The van der Waals surface area contributed by atoms with Crippen LogP contribution in [0, 0.1) is 16.0 Å². The van der Waals surface area contributed by atoms with E-state index in [0.29, 0.717) is 16.5 Å². The van der Waals surface area contributed by atoms with Crippen molar-refractivity contribution in [3.05, 3.63) is 38.7 Å². The van der Waals surface area contributed by atoms with Crippen LogP contribution in [0.3, 0.4) is 0 Å². The number of nitro groups is 1. The first-order valence-electron chi connectivity index (χ1n) is 6.39. The molecule has 112 valence electrons. The Morgan fingerprint density at radius 1 is 1.52 bits per heavy atom. The number of aliphatic carboxylic acids is 1. The number of carboxylic acids is 1. The predicted octanol–water partition coefficient (Wildman–Crippen LogP) is 2.64. The zero-order chi connectivity index (χ0) is 15.7. The van der Waals surface area contributed by atoms with Crippen LogP contribution in [-0.2, 0) is 4.79 Å². The maximum atomic E-state index is 12.3. The Balaban J connectivity index is 2.64. The average Bonchev–Trinajstić information content (AvgIpc) is 2.75. The van der Waals surface area contributed by atoms with Crippen molar-refractivity contribution in [2.75, 3.05) is 0 Å². The van der Waals surface area contributed by atoms with Crippen LogP contribution < -0.4 is 5.56 Å². The van der Waals surface area contributed by atoms with Crippen molar-refractivity contribution in [1.82, 2.24) is 3.96 Å². The SMILES string of the molecule is CCC(C)C(C(=O)O)n1sc2cc([N+](=O)[O-])ccc2c1=O. The van der Waals surface area contributed by atoms with E-state index >= 15 is 0 Å². The molecule has 8 heteroatoms. The summed E-state index contributed by atoms with van der Waals surface area (Å²) in [5.41, 5.74) is -0.538. The Morgan fingerprint density at radius 2 is 2.19 bits per heavy atom. The van der Waals surface area contributed by atoms with Gasteiger partial charge < -0.3 is 5.11 Å². The number of nitro benzene ring substituents is 1. The molecule has 2 unspecified atom stereocenters. The molecule has 0 spiro atoms. The smallest absolute Gasteiger partial charge is 0.328 e. The second kappa shape index (κ2) is 5.65. The van der Waals surface area contributed by atoms with E-state index in [1.54, 1.807) is 6.92 Å². The molecule has 2 atom stereocenters. The van der Waals surface area contributed by atoms with Gasteiger partial charge in [-0.05, 0) is 12.0 Å². The summed E-state index contributed by atoms with van der Waals surface area (Å²) in [6.45, 7) is 3.61. The number of nitrogens with zero attached hydrogens (tertiary/aromatic N) is 2. The molecule has 2 aromatic rings. The zero-order valence-electron chi connectivity index (χ0n) is 11.5. The minimum atomic E-state index is -1.08. The summed E-state index contributed by atoms with van der Waals surface area (Å²) >= 11 is 0.954. The van der Waals surface area contributed by atoms with Gasteiger partial charge in [-0.25, -0.2) is 8.75 Å². The molecule has 1 aromatic carbocycles. The topological polar surface area (TPSA) is 102 Å². The number of aromatic nitrogens is 1. The monoisotopic (exact) mass is 310 g/mol. The first-order chi connectivity index (χ1) is 9.86. The van der Waals surface area contributed by atoms with Crippen molar-refractivity contribution in [3.63, 3.8) is 0 Å². The van der Waals surface area contributed by atoms with Crippen molar-refractivity contribution in [2.45, 2.75) is 26.3 Å². The molecule has 21 heavy (non-hydrogen) atoms. The largest absolute Gasteiger partial charge is 0.480 e. The molecule has 0 aliphatic rings. The predicted molar refractivity (Wildman–Crippen MR) is 78.9 cm³/mol. The lowest BCUT2D eigenvalue weighted by Crippen LogP contribution is -2.30. The molecule has 0 saturated heterocycles. The van der Waals surface area contributed by atoms with Crippen LogP contribution in [0.15, 0.2) is 23.0 Å². The van der Waals surface area contributed by atoms with Gasteiger partial charge in [0, 0.05) is 12.1 Å². The van der Waals surface area contributed by atoms with Crippen molar-refractivity contribution in [1.29, 1.82) is 0 Å². The Kier molecular flexibility index (Phi) is 4.08. The molecule has 0 amide bonds. The molecule has 0 aliphatic carbocycles. The third-order valence-corrected chi connectivity index (χ3v) is 4.62. The lowest BCUT2D eigenvalue weighted by molar-refractivity contribution is -0.384. The van der Waals surface area contributed by atoms with Crippen molar-refractivity contribution >= 4 is 33.3 Å². The highest BCUT2D eigenvalue weighted by molar-refractivity contribution is 7.14. The summed E-state index contributed by atoms with van der Waals surface area (Å²) in [4.78, 5) is 34.0. The van der Waals surface area contributed by atoms with Gasteiger partial charge in [-0.3, -0.25) is 14.9 Å². The van der Waals surface area contributed by atoms with Gasteiger partial charge in [-0.2, -0.15) is 0 Å². The fourth-order valence-corrected chi connectivity index (χ4v) is 3.36. The lowest BCUT2D eigenvalue weighted by atomic mass is 10.00. The second-order valence-corrected chi connectivity index (χ2v) is 5.84. The Hall–Kier alpha value is -2.22. The third kappa shape index (κ3) is 2.66. The summed E-state index contributed by atoms with van der Waals surface area (Å²) in [7, 11) is 0. The first-order valence-corrected chi connectivity index (χ1v) is 7.17. The number of benzene rings is 1. The Morgan fingerprint density at radius 3 is 2.71 bits per heavy atom. The summed E-state index contributed by atoms with van der Waals surface area (Å²) in [5, 5.41) is 20.4. The normalized spacial score (nSPS) is 14.0. The maximum Gasteiger partial charge on any atom is 0.328 e. The van der Waals surface area contributed by atoms with Gasteiger partial charge in [0.2, 0.25) is 0 Å². The van der Waals surface area contributed by atoms with Gasteiger partial charge in [0.25, 0.3) is 11.2 Å². The molecule has 0 aliphatic heterocycles.